The maximum absolute atomic E-state index is 11.9. The highest BCUT2D eigenvalue weighted by Gasteiger charge is 2.20. The van der Waals surface area contributed by atoms with Crippen molar-refractivity contribution in [3.05, 3.63) is 27.2 Å². The third-order valence-electron chi connectivity index (χ3n) is 2.19. The van der Waals surface area contributed by atoms with Gasteiger partial charge in [-0.3, -0.25) is 4.79 Å². The SMILES string of the molecule is CC(C)CNC(=O)c1cc(Cl)c(Br)c(S(=O)(=O)Cl)c1. The van der Waals surface area contributed by atoms with Gasteiger partial charge in [0.25, 0.3) is 15.0 Å². The fourth-order valence-corrected chi connectivity index (χ4v) is 3.65. The van der Waals surface area contributed by atoms with Crippen molar-refractivity contribution in [2.24, 2.45) is 5.92 Å². The van der Waals surface area contributed by atoms with Crippen LogP contribution in [0.2, 0.25) is 5.02 Å². The lowest BCUT2D eigenvalue weighted by Crippen LogP contribution is -2.27. The fourth-order valence-electron chi connectivity index (χ4n) is 1.27. The Morgan fingerprint density at radius 1 is 1.42 bits per heavy atom. The molecule has 0 spiro atoms. The molecule has 0 aliphatic carbocycles. The number of rotatable bonds is 4. The first-order valence-corrected chi connectivity index (χ1v) is 8.83. The van der Waals surface area contributed by atoms with E-state index in [9.17, 15) is 13.2 Å². The highest BCUT2D eigenvalue weighted by Crippen LogP contribution is 2.33. The van der Waals surface area contributed by atoms with Crippen molar-refractivity contribution < 1.29 is 13.2 Å². The number of carbonyl (C=O) groups excluding carboxylic acids is 1. The molecule has 0 fully saturated rings. The van der Waals surface area contributed by atoms with Crippen LogP contribution in [0.5, 0.6) is 0 Å². The smallest absolute Gasteiger partial charge is 0.262 e. The number of halogens is 3. The fraction of sp³-hybridized carbons (Fsp3) is 0.364. The van der Waals surface area contributed by atoms with Gasteiger partial charge in [0, 0.05) is 22.8 Å². The van der Waals surface area contributed by atoms with E-state index in [-0.39, 0.29) is 25.9 Å². The van der Waals surface area contributed by atoms with E-state index in [4.69, 9.17) is 22.3 Å². The maximum atomic E-state index is 11.9. The Morgan fingerprint density at radius 3 is 2.47 bits per heavy atom. The Balaban J connectivity index is 3.18. The van der Waals surface area contributed by atoms with Gasteiger partial charge in [-0.25, -0.2) is 8.42 Å². The Labute approximate surface area is 130 Å². The van der Waals surface area contributed by atoms with Crippen molar-refractivity contribution in [3.8, 4) is 0 Å². The first kappa shape index (κ1) is 16.8. The van der Waals surface area contributed by atoms with Crippen molar-refractivity contribution >= 4 is 53.2 Å². The molecule has 1 aromatic carbocycles. The molecule has 0 radical (unpaired) electrons. The molecule has 4 nitrogen and oxygen atoms in total. The van der Waals surface area contributed by atoms with Crippen molar-refractivity contribution in [2.45, 2.75) is 18.7 Å². The van der Waals surface area contributed by atoms with Gasteiger partial charge in [-0.05, 0) is 34.0 Å². The zero-order valence-electron chi connectivity index (χ0n) is 10.2. The molecular weight excluding hydrogens is 377 g/mol. The average molecular weight is 389 g/mol. The second-order valence-electron chi connectivity index (χ2n) is 4.31. The monoisotopic (exact) mass is 387 g/mol. The molecule has 0 aliphatic rings. The number of nitrogens with one attached hydrogen (secondary N) is 1. The van der Waals surface area contributed by atoms with Gasteiger partial charge in [0.15, 0.2) is 0 Å². The topological polar surface area (TPSA) is 63.2 Å². The summed E-state index contributed by atoms with van der Waals surface area (Å²) in [6, 6.07) is 2.57. The van der Waals surface area contributed by atoms with Gasteiger partial charge in [0.1, 0.15) is 0 Å². The standard InChI is InChI=1S/C11H12BrCl2NO3S/c1-6(2)5-15-11(16)7-3-8(13)10(12)9(4-7)19(14,17)18/h3-4,6H,5H2,1-2H3,(H,15,16). The molecule has 0 aliphatic heterocycles. The van der Waals surface area contributed by atoms with E-state index < -0.39 is 15.0 Å². The largest absolute Gasteiger partial charge is 0.352 e. The summed E-state index contributed by atoms with van der Waals surface area (Å²) in [6.45, 7) is 4.38. The predicted molar refractivity (Wildman–Crippen MR) is 79.4 cm³/mol. The molecule has 0 bridgehead atoms. The van der Waals surface area contributed by atoms with E-state index in [0.717, 1.165) is 0 Å². The molecule has 1 aromatic rings. The van der Waals surface area contributed by atoms with Gasteiger partial charge in [-0.2, -0.15) is 0 Å². The van der Waals surface area contributed by atoms with E-state index >= 15 is 0 Å². The molecule has 0 saturated carbocycles. The third kappa shape index (κ3) is 4.63. The molecule has 0 heterocycles. The number of amides is 1. The second-order valence-corrected chi connectivity index (χ2v) is 8.05. The van der Waals surface area contributed by atoms with Crippen LogP contribution in [-0.2, 0) is 9.05 Å². The van der Waals surface area contributed by atoms with E-state index in [2.05, 4.69) is 21.2 Å². The van der Waals surface area contributed by atoms with E-state index in [0.29, 0.717) is 6.54 Å². The maximum Gasteiger partial charge on any atom is 0.262 e. The molecule has 0 aromatic heterocycles. The van der Waals surface area contributed by atoms with Gasteiger partial charge < -0.3 is 5.32 Å². The van der Waals surface area contributed by atoms with Crippen LogP contribution in [0.25, 0.3) is 0 Å². The lowest BCUT2D eigenvalue weighted by atomic mass is 10.2. The third-order valence-corrected chi connectivity index (χ3v) is 5.18. The normalized spacial score (nSPS) is 11.7. The van der Waals surface area contributed by atoms with Crippen LogP contribution in [-0.4, -0.2) is 20.9 Å². The van der Waals surface area contributed by atoms with Gasteiger partial charge in [-0.1, -0.05) is 25.4 Å². The summed E-state index contributed by atoms with van der Waals surface area (Å²) in [7, 11) is 1.31. The first-order valence-electron chi connectivity index (χ1n) is 5.35. The molecule has 0 saturated heterocycles. The minimum Gasteiger partial charge on any atom is -0.352 e. The number of hydrogen-bond donors (Lipinski definition) is 1. The Hall–Kier alpha value is -0.300. The Kier molecular flexibility index (Phi) is 5.67. The molecule has 1 rings (SSSR count). The lowest BCUT2D eigenvalue weighted by Gasteiger charge is -2.10. The Bertz CT molecular complexity index is 602. The van der Waals surface area contributed by atoms with Crippen molar-refractivity contribution in [1.29, 1.82) is 0 Å². The van der Waals surface area contributed by atoms with E-state index in [1.807, 2.05) is 13.8 Å². The highest BCUT2D eigenvalue weighted by molar-refractivity contribution is 9.10. The average Bonchev–Trinajstić information content (AvgIpc) is 2.27. The molecular formula is C11H12BrCl2NO3S. The molecule has 106 valence electrons. The summed E-state index contributed by atoms with van der Waals surface area (Å²) in [5, 5.41) is 2.78. The van der Waals surface area contributed by atoms with Crippen LogP contribution >= 0.6 is 38.2 Å². The molecule has 0 atom stereocenters. The molecule has 1 amide bonds. The molecule has 19 heavy (non-hydrogen) atoms. The number of carbonyl (C=O) groups is 1. The Morgan fingerprint density at radius 2 is 2.00 bits per heavy atom. The van der Waals surface area contributed by atoms with Gasteiger partial charge >= 0.3 is 0 Å². The van der Waals surface area contributed by atoms with Crippen molar-refractivity contribution in [2.75, 3.05) is 6.54 Å². The summed E-state index contributed by atoms with van der Waals surface area (Å²) in [5.74, 6) is -0.115. The van der Waals surface area contributed by atoms with E-state index in [1.165, 1.54) is 12.1 Å². The van der Waals surface area contributed by atoms with Crippen LogP contribution in [0.15, 0.2) is 21.5 Å². The zero-order chi connectivity index (χ0) is 14.8. The summed E-state index contributed by atoms with van der Waals surface area (Å²) in [6.07, 6.45) is 0. The minimum absolute atomic E-state index is 0.108. The summed E-state index contributed by atoms with van der Waals surface area (Å²) in [4.78, 5) is 11.6. The highest BCUT2D eigenvalue weighted by atomic mass is 79.9. The molecule has 0 unspecified atom stereocenters. The molecule has 1 N–H and O–H groups in total. The summed E-state index contributed by atoms with van der Waals surface area (Å²) in [5.41, 5.74) is 0.146. The summed E-state index contributed by atoms with van der Waals surface area (Å²) >= 11 is 8.92. The number of hydrogen-bond acceptors (Lipinski definition) is 3. The van der Waals surface area contributed by atoms with Crippen LogP contribution in [0.4, 0.5) is 0 Å². The molecule has 8 heteroatoms. The van der Waals surface area contributed by atoms with Crippen LogP contribution in [0.1, 0.15) is 24.2 Å². The first-order chi connectivity index (χ1) is 8.62. The van der Waals surface area contributed by atoms with Crippen LogP contribution in [0.3, 0.4) is 0 Å². The van der Waals surface area contributed by atoms with Crippen LogP contribution in [0, 0.1) is 5.92 Å². The van der Waals surface area contributed by atoms with Crippen molar-refractivity contribution in [1.82, 2.24) is 5.32 Å². The minimum atomic E-state index is -3.98. The van der Waals surface area contributed by atoms with Gasteiger partial charge in [0.2, 0.25) is 0 Å². The van der Waals surface area contributed by atoms with Crippen molar-refractivity contribution in [3.63, 3.8) is 0 Å². The number of benzene rings is 1. The van der Waals surface area contributed by atoms with Gasteiger partial charge in [-0.15, -0.1) is 0 Å². The summed E-state index contributed by atoms with van der Waals surface area (Å²) < 4.78 is 22.9. The quantitative estimate of drug-likeness (QED) is 0.803. The lowest BCUT2D eigenvalue weighted by molar-refractivity contribution is 0.0949. The zero-order valence-corrected chi connectivity index (χ0v) is 14.1. The van der Waals surface area contributed by atoms with Crippen LogP contribution < -0.4 is 5.32 Å². The van der Waals surface area contributed by atoms with E-state index in [1.54, 1.807) is 0 Å². The van der Waals surface area contributed by atoms with Gasteiger partial charge in [0.05, 0.1) is 14.4 Å². The predicted octanol–water partition coefficient (Wildman–Crippen LogP) is 3.42. The second kappa shape index (κ2) is 6.43.